The van der Waals surface area contributed by atoms with Crippen LogP contribution in [0.5, 0.6) is 0 Å². The number of carbonyl (C=O) groups is 1. The van der Waals surface area contributed by atoms with Crippen LogP contribution in [0.4, 0.5) is 0 Å². The van der Waals surface area contributed by atoms with E-state index in [1.54, 1.807) is 0 Å². The fourth-order valence-electron chi connectivity index (χ4n) is 2.70. The van der Waals surface area contributed by atoms with Crippen LogP contribution < -0.4 is 0 Å². The van der Waals surface area contributed by atoms with Gasteiger partial charge in [0.2, 0.25) is 0 Å². The lowest BCUT2D eigenvalue weighted by atomic mass is 10.1. The summed E-state index contributed by atoms with van der Waals surface area (Å²) in [7, 11) is 0. The molecular weight excluding hydrogens is 288 g/mol. The zero-order chi connectivity index (χ0) is 17.2. The Hall–Kier alpha value is -0.830. The first-order chi connectivity index (χ1) is 11.2. The average Bonchev–Trinajstić information content (AvgIpc) is 2.54. The van der Waals surface area contributed by atoms with E-state index < -0.39 is 12.1 Å². The summed E-state index contributed by atoms with van der Waals surface area (Å²) < 4.78 is 5.21. The average molecular weight is 327 g/mol. The third-order valence-corrected chi connectivity index (χ3v) is 4.12. The van der Waals surface area contributed by atoms with Gasteiger partial charge >= 0.3 is 5.97 Å². The second-order valence-corrected chi connectivity index (χ2v) is 6.30. The highest BCUT2D eigenvalue weighted by Gasteiger charge is 2.16. The maximum Gasteiger partial charge on any atom is 0.332 e. The first kappa shape index (κ1) is 22.2. The number of carboxylic acids is 1. The van der Waals surface area contributed by atoms with Gasteiger partial charge in [-0.1, -0.05) is 70.4 Å². The summed E-state index contributed by atoms with van der Waals surface area (Å²) in [5.41, 5.74) is 0. The van der Waals surface area contributed by atoms with Crippen molar-refractivity contribution in [2.45, 2.75) is 103 Å². The molecule has 0 aromatic rings. The number of carboxylic acid groups (broad SMARTS) is 1. The van der Waals surface area contributed by atoms with Crippen LogP contribution in [0.3, 0.4) is 0 Å². The Morgan fingerprint density at radius 1 is 0.870 bits per heavy atom. The maximum atomic E-state index is 10.9. The number of hydrogen-bond donors (Lipinski definition) is 1. The van der Waals surface area contributed by atoms with Crippen LogP contribution in [0.25, 0.3) is 0 Å². The highest BCUT2D eigenvalue weighted by molar-refractivity contribution is 5.72. The molecule has 0 amide bonds. The zero-order valence-corrected chi connectivity index (χ0v) is 15.4. The lowest BCUT2D eigenvalue weighted by Gasteiger charge is -2.11. The molecule has 0 bridgehead atoms. The van der Waals surface area contributed by atoms with Crippen LogP contribution in [0.15, 0.2) is 12.2 Å². The molecule has 3 nitrogen and oxygen atoms in total. The molecule has 0 aliphatic heterocycles. The minimum Gasteiger partial charge on any atom is -0.479 e. The van der Waals surface area contributed by atoms with Gasteiger partial charge in [0.15, 0.2) is 6.10 Å². The number of unbranched alkanes of at least 4 members (excludes halogenated alkanes) is 10. The van der Waals surface area contributed by atoms with Gasteiger partial charge in [-0.15, -0.1) is 0 Å². The Morgan fingerprint density at radius 3 is 1.91 bits per heavy atom. The minimum atomic E-state index is -0.829. The van der Waals surface area contributed by atoms with Gasteiger partial charge in [0, 0.05) is 6.61 Å². The molecule has 0 radical (unpaired) electrons. The van der Waals surface area contributed by atoms with Crippen LogP contribution in [0.2, 0.25) is 0 Å². The van der Waals surface area contributed by atoms with Gasteiger partial charge in [0.05, 0.1) is 0 Å². The molecule has 0 aromatic heterocycles. The second-order valence-electron chi connectivity index (χ2n) is 6.30. The first-order valence-electron chi connectivity index (χ1n) is 9.71. The largest absolute Gasteiger partial charge is 0.479 e. The molecule has 0 rings (SSSR count). The van der Waals surface area contributed by atoms with E-state index in [4.69, 9.17) is 9.84 Å². The van der Waals surface area contributed by atoms with Crippen LogP contribution in [0, 0.1) is 0 Å². The molecule has 3 heteroatoms. The SMILES string of the molecule is CCCCCCCCC=CCCCCCCC(OCC)C(=O)O. The number of allylic oxidation sites excluding steroid dienone is 2. The molecule has 1 N–H and O–H groups in total. The van der Waals surface area contributed by atoms with E-state index in [9.17, 15) is 4.79 Å². The lowest BCUT2D eigenvalue weighted by Crippen LogP contribution is -2.23. The topological polar surface area (TPSA) is 46.5 Å². The third kappa shape index (κ3) is 15.8. The second kappa shape index (κ2) is 17.5. The van der Waals surface area contributed by atoms with Crippen molar-refractivity contribution in [2.75, 3.05) is 6.61 Å². The molecule has 1 unspecified atom stereocenters. The van der Waals surface area contributed by atoms with Crippen molar-refractivity contribution in [2.24, 2.45) is 0 Å². The number of ether oxygens (including phenoxy) is 1. The molecular formula is C20H38O3. The summed E-state index contributed by atoms with van der Waals surface area (Å²) >= 11 is 0. The molecule has 0 spiro atoms. The van der Waals surface area contributed by atoms with E-state index in [-0.39, 0.29) is 0 Å². The van der Waals surface area contributed by atoms with E-state index in [0.29, 0.717) is 13.0 Å². The molecule has 23 heavy (non-hydrogen) atoms. The Labute approximate surface area is 143 Å². The van der Waals surface area contributed by atoms with E-state index >= 15 is 0 Å². The van der Waals surface area contributed by atoms with E-state index in [1.165, 1.54) is 57.8 Å². The van der Waals surface area contributed by atoms with Gasteiger partial charge in [0.1, 0.15) is 0 Å². The number of rotatable bonds is 17. The fraction of sp³-hybridized carbons (Fsp3) is 0.850. The molecule has 0 aliphatic carbocycles. The predicted molar refractivity (Wildman–Crippen MR) is 97.9 cm³/mol. The van der Waals surface area contributed by atoms with Crippen molar-refractivity contribution >= 4 is 5.97 Å². The first-order valence-corrected chi connectivity index (χ1v) is 9.71. The van der Waals surface area contributed by atoms with Gasteiger partial charge in [-0.3, -0.25) is 0 Å². The molecule has 0 fully saturated rings. The Morgan fingerprint density at radius 2 is 1.39 bits per heavy atom. The van der Waals surface area contributed by atoms with Crippen LogP contribution in [-0.2, 0) is 9.53 Å². The van der Waals surface area contributed by atoms with Gasteiger partial charge in [-0.05, 0) is 39.0 Å². The lowest BCUT2D eigenvalue weighted by molar-refractivity contribution is -0.150. The van der Waals surface area contributed by atoms with Gasteiger partial charge in [0.25, 0.3) is 0 Å². The molecule has 0 heterocycles. The summed E-state index contributed by atoms with van der Waals surface area (Å²) in [4.78, 5) is 10.9. The summed E-state index contributed by atoms with van der Waals surface area (Å²) in [5.74, 6) is -0.829. The van der Waals surface area contributed by atoms with E-state index in [0.717, 1.165) is 19.3 Å². The number of hydrogen-bond acceptors (Lipinski definition) is 2. The molecule has 0 aliphatic rings. The maximum absolute atomic E-state index is 10.9. The summed E-state index contributed by atoms with van der Waals surface area (Å²) in [6.45, 7) is 4.57. The van der Waals surface area contributed by atoms with Crippen molar-refractivity contribution in [3.05, 3.63) is 12.2 Å². The Bertz CT molecular complexity index is 287. The molecule has 0 aromatic carbocycles. The third-order valence-electron chi connectivity index (χ3n) is 4.12. The minimum absolute atomic E-state index is 0.473. The zero-order valence-electron chi connectivity index (χ0n) is 15.4. The predicted octanol–water partition coefficient (Wildman–Crippen LogP) is 6.12. The highest BCUT2D eigenvalue weighted by Crippen LogP contribution is 2.11. The van der Waals surface area contributed by atoms with E-state index in [2.05, 4.69) is 19.1 Å². The monoisotopic (exact) mass is 326 g/mol. The van der Waals surface area contributed by atoms with Crippen molar-refractivity contribution in [1.82, 2.24) is 0 Å². The fourth-order valence-corrected chi connectivity index (χ4v) is 2.70. The van der Waals surface area contributed by atoms with Crippen LogP contribution in [-0.4, -0.2) is 23.8 Å². The molecule has 136 valence electrons. The van der Waals surface area contributed by atoms with Crippen molar-refractivity contribution in [1.29, 1.82) is 0 Å². The number of aliphatic carboxylic acids is 1. The van der Waals surface area contributed by atoms with Crippen molar-refractivity contribution in [3.8, 4) is 0 Å². The molecule has 0 saturated carbocycles. The summed E-state index contributed by atoms with van der Waals surface area (Å²) in [5, 5.41) is 8.97. The van der Waals surface area contributed by atoms with E-state index in [1.807, 2.05) is 6.92 Å². The van der Waals surface area contributed by atoms with Crippen LogP contribution in [0.1, 0.15) is 97.3 Å². The van der Waals surface area contributed by atoms with Gasteiger partial charge in [-0.25, -0.2) is 4.79 Å². The molecule has 0 saturated heterocycles. The normalized spacial score (nSPS) is 12.8. The van der Waals surface area contributed by atoms with Gasteiger partial charge in [-0.2, -0.15) is 0 Å². The standard InChI is InChI=1S/C20H38O3/c1-3-5-6-7-8-9-10-11-12-13-14-15-16-17-18-19(20(21)22)23-4-2/h11-12,19H,3-10,13-18H2,1-2H3,(H,21,22). The summed E-state index contributed by atoms with van der Waals surface area (Å²) in [6.07, 6.45) is 19.7. The Kier molecular flexibility index (Phi) is 16.9. The smallest absolute Gasteiger partial charge is 0.332 e. The highest BCUT2D eigenvalue weighted by atomic mass is 16.5. The quantitative estimate of drug-likeness (QED) is 0.258. The molecule has 1 atom stereocenters. The van der Waals surface area contributed by atoms with Crippen molar-refractivity contribution < 1.29 is 14.6 Å². The summed E-state index contributed by atoms with van der Waals surface area (Å²) in [6, 6.07) is 0. The van der Waals surface area contributed by atoms with Crippen molar-refractivity contribution in [3.63, 3.8) is 0 Å². The van der Waals surface area contributed by atoms with Gasteiger partial charge < -0.3 is 9.84 Å². The Balaban J connectivity index is 3.32. The van der Waals surface area contributed by atoms with Crippen LogP contribution >= 0.6 is 0 Å².